The highest BCUT2D eigenvalue weighted by Gasteiger charge is 2.32. The van der Waals surface area contributed by atoms with Crippen LogP contribution in [0.2, 0.25) is 0 Å². The SMILES string of the molecule is Cc1ccc(S(=O)(=O)N2CCC(C(=O)Nc3ccc(C(N)=O)cc3)CC2)cc1C. The number of piperidine rings is 1. The van der Waals surface area contributed by atoms with Crippen LogP contribution in [0.3, 0.4) is 0 Å². The molecule has 2 aromatic rings. The van der Waals surface area contributed by atoms with E-state index in [0.717, 1.165) is 11.1 Å². The van der Waals surface area contributed by atoms with Gasteiger partial charge in [0.2, 0.25) is 21.8 Å². The molecule has 0 aromatic heterocycles. The molecule has 1 fully saturated rings. The smallest absolute Gasteiger partial charge is 0.248 e. The lowest BCUT2D eigenvalue weighted by Gasteiger charge is -2.30. The summed E-state index contributed by atoms with van der Waals surface area (Å²) in [7, 11) is -3.56. The van der Waals surface area contributed by atoms with Crippen LogP contribution < -0.4 is 11.1 Å². The van der Waals surface area contributed by atoms with Crippen LogP contribution in [0.1, 0.15) is 34.3 Å². The molecular formula is C21H25N3O4S. The maximum absolute atomic E-state index is 12.9. The number of amides is 2. The number of nitrogens with one attached hydrogen (secondary N) is 1. The maximum atomic E-state index is 12.9. The molecule has 29 heavy (non-hydrogen) atoms. The number of nitrogens with two attached hydrogens (primary N) is 1. The van der Waals surface area contributed by atoms with E-state index in [1.165, 1.54) is 4.31 Å². The Bertz CT molecular complexity index is 1020. The van der Waals surface area contributed by atoms with Gasteiger partial charge in [-0.3, -0.25) is 9.59 Å². The summed E-state index contributed by atoms with van der Waals surface area (Å²) < 4.78 is 27.2. The number of rotatable bonds is 5. The lowest BCUT2D eigenvalue weighted by atomic mass is 9.97. The fraction of sp³-hybridized carbons (Fsp3) is 0.333. The Balaban J connectivity index is 1.61. The molecule has 8 heteroatoms. The minimum Gasteiger partial charge on any atom is -0.366 e. The van der Waals surface area contributed by atoms with Crippen molar-refractivity contribution in [1.29, 1.82) is 0 Å². The van der Waals surface area contributed by atoms with Crippen molar-refractivity contribution in [1.82, 2.24) is 4.31 Å². The van der Waals surface area contributed by atoms with Gasteiger partial charge < -0.3 is 11.1 Å². The van der Waals surface area contributed by atoms with Crippen LogP contribution in [-0.2, 0) is 14.8 Å². The monoisotopic (exact) mass is 415 g/mol. The number of nitrogens with zero attached hydrogens (tertiary/aromatic N) is 1. The molecule has 1 aliphatic heterocycles. The summed E-state index contributed by atoms with van der Waals surface area (Å²) in [5.41, 5.74) is 8.13. The fourth-order valence-corrected chi connectivity index (χ4v) is 4.90. The molecule has 0 atom stereocenters. The van der Waals surface area contributed by atoms with E-state index in [4.69, 9.17) is 5.73 Å². The summed E-state index contributed by atoms with van der Waals surface area (Å²) in [6.07, 6.45) is 0.907. The van der Waals surface area contributed by atoms with Gasteiger partial charge in [-0.2, -0.15) is 4.31 Å². The molecule has 7 nitrogen and oxygen atoms in total. The standard InChI is InChI=1S/C21H25N3O4S/c1-14-3-8-19(13-15(14)2)29(27,28)24-11-9-17(10-12-24)21(26)23-18-6-4-16(5-7-18)20(22)25/h3-8,13,17H,9-12H2,1-2H3,(H2,22,25)(H,23,26). The Hall–Kier alpha value is -2.71. The Labute approximate surface area is 171 Å². The van der Waals surface area contributed by atoms with Crippen LogP contribution >= 0.6 is 0 Å². The van der Waals surface area contributed by atoms with Crippen LogP contribution in [-0.4, -0.2) is 37.6 Å². The molecule has 2 aromatic carbocycles. The molecule has 2 amide bonds. The van der Waals surface area contributed by atoms with Crippen molar-refractivity contribution in [2.24, 2.45) is 11.7 Å². The third kappa shape index (κ3) is 4.65. The number of hydrogen-bond acceptors (Lipinski definition) is 4. The van der Waals surface area contributed by atoms with Gasteiger partial charge >= 0.3 is 0 Å². The van der Waals surface area contributed by atoms with E-state index in [2.05, 4.69) is 5.32 Å². The molecule has 154 valence electrons. The van der Waals surface area contributed by atoms with Crippen molar-refractivity contribution in [3.8, 4) is 0 Å². The Morgan fingerprint density at radius 1 is 1.00 bits per heavy atom. The highest BCUT2D eigenvalue weighted by atomic mass is 32.2. The molecule has 1 heterocycles. The van der Waals surface area contributed by atoms with E-state index in [9.17, 15) is 18.0 Å². The summed E-state index contributed by atoms with van der Waals surface area (Å²) in [4.78, 5) is 23.9. The molecule has 0 unspecified atom stereocenters. The normalized spacial score (nSPS) is 15.8. The van der Waals surface area contributed by atoms with Crippen molar-refractivity contribution in [3.63, 3.8) is 0 Å². The first-order valence-corrected chi connectivity index (χ1v) is 10.9. The van der Waals surface area contributed by atoms with Crippen LogP contribution in [0.25, 0.3) is 0 Å². The highest BCUT2D eigenvalue weighted by molar-refractivity contribution is 7.89. The zero-order valence-electron chi connectivity index (χ0n) is 16.5. The van der Waals surface area contributed by atoms with Gasteiger partial charge in [-0.25, -0.2) is 8.42 Å². The number of benzene rings is 2. The van der Waals surface area contributed by atoms with Crippen molar-refractivity contribution in [2.75, 3.05) is 18.4 Å². The molecule has 0 saturated carbocycles. The van der Waals surface area contributed by atoms with E-state index in [0.29, 0.717) is 37.2 Å². The van der Waals surface area contributed by atoms with Gasteiger partial charge in [0.1, 0.15) is 0 Å². The van der Waals surface area contributed by atoms with Crippen molar-refractivity contribution < 1.29 is 18.0 Å². The first-order valence-electron chi connectivity index (χ1n) is 9.46. The van der Waals surface area contributed by atoms with Crippen molar-refractivity contribution in [3.05, 3.63) is 59.2 Å². The number of primary amides is 1. The van der Waals surface area contributed by atoms with Gasteiger partial charge in [0, 0.05) is 30.3 Å². The van der Waals surface area contributed by atoms with Gasteiger partial charge in [0.15, 0.2) is 0 Å². The first kappa shape index (κ1) is 21.0. The predicted molar refractivity (Wildman–Crippen MR) is 111 cm³/mol. The average molecular weight is 416 g/mol. The highest BCUT2D eigenvalue weighted by Crippen LogP contribution is 2.26. The van der Waals surface area contributed by atoms with E-state index < -0.39 is 15.9 Å². The number of carbonyl (C=O) groups excluding carboxylic acids is 2. The lowest BCUT2D eigenvalue weighted by molar-refractivity contribution is -0.120. The van der Waals surface area contributed by atoms with Gasteiger partial charge in [0.05, 0.1) is 4.90 Å². The molecular weight excluding hydrogens is 390 g/mol. The summed E-state index contributed by atoms with van der Waals surface area (Å²) in [5, 5.41) is 2.82. The summed E-state index contributed by atoms with van der Waals surface area (Å²) in [6, 6.07) is 11.5. The van der Waals surface area contributed by atoms with Gasteiger partial charge in [-0.1, -0.05) is 6.07 Å². The van der Waals surface area contributed by atoms with Crippen molar-refractivity contribution >= 4 is 27.5 Å². The summed E-state index contributed by atoms with van der Waals surface area (Å²) in [5.74, 6) is -0.947. The number of sulfonamides is 1. The molecule has 0 aliphatic carbocycles. The minimum atomic E-state index is -3.56. The topological polar surface area (TPSA) is 110 Å². The summed E-state index contributed by atoms with van der Waals surface area (Å²) >= 11 is 0. The van der Waals surface area contributed by atoms with Crippen LogP contribution in [0.5, 0.6) is 0 Å². The Kier molecular flexibility index (Phi) is 6.04. The third-order valence-electron chi connectivity index (χ3n) is 5.38. The van der Waals surface area contributed by atoms with Crippen LogP contribution in [0.15, 0.2) is 47.4 Å². The minimum absolute atomic E-state index is 0.153. The zero-order chi connectivity index (χ0) is 21.2. The third-order valence-corrected chi connectivity index (χ3v) is 7.27. The zero-order valence-corrected chi connectivity index (χ0v) is 17.3. The van der Waals surface area contributed by atoms with Gasteiger partial charge in [0.25, 0.3) is 0 Å². The molecule has 0 radical (unpaired) electrons. The second kappa shape index (κ2) is 8.34. The predicted octanol–water partition coefficient (Wildman–Crippen LogP) is 2.44. The average Bonchev–Trinajstić information content (AvgIpc) is 2.70. The lowest BCUT2D eigenvalue weighted by Crippen LogP contribution is -2.41. The van der Waals surface area contributed by atoms with Crippen LogP contribution in [0.4, 0.5) is 5.69 Å². The molecule has 1 saturated heterocycles. The van der Waals surface area contributed by atoms with E-state index in [1.807, 2.05) is 19.9 Å². The second-order valence-corrected chi connectivity index (χ2v) is 9.29. The number of anilines is 1. The maximum Gasteiger partial charge on any atom is 0.248 e. The second-order valence-electron chi connectivity index (χ2n) is 7.36. The van der Waals surface area contributed by atoms with Crippen molar-refractivity contribution in [2.45, 2.75) is 31.6 Å². The number of carbonyl (C=O) groups is 2. The van der Waals surface area contributed by atoms with Gasteiger partial charge in [-0.15, -0.1) is 0 Å². The molecule has 0 spiro atoms. The largest absolute Gasteiger partial charge is 0.366 e. The molecule has 0 bridgehead atoms. The van der Waals surface area contributed by atoms with Crippen LogP contribution in [0, 0.1) is 19.8 Å². The Morgan fingerprint density at radius 3 is 2.17 bits per heavy atom. The molecule has 3 rings (SSSR count). The number of aryl methyl sites for hydroxylation is 2. The molecule has 1 aliphatic rings. The summed E-state index contributed by atoms with van der Waals surface area (Å²) in [6.45, 7) is 4.43. The van der Waals surface area contributed by atoms with E-state index in [1.54, 1.807) is 36.4 Å². The van der Waals surface area contributed by atoms with E-state index in [-0.39, 0.29) is 16.7 Å². The molecule has 3 N–H and O–H groups in total. The van der Waals surface area contributed by atoms with Gasteiger partial charge in [-0.05, 0) is 74.2 Å². The Morgan fingerprint density at radius 2 is 1.62 bits per heavy atom. The van der Waals surface area contributed by atoms with E-state index >= 15 is 0 Å². The number of hydrogen-bond donors (Lipinski definition) is 2. The quantitative estimate of drug-likeness (QED) is 0.781. The first-order chi connectivity index (χ1) is 13.7. The fourth-order valence-electron chi connectivity index (χ4n) is 3.34.